The quantitative estimate of drug-likeness (QED) is 0.433. The van der Waals surface area contributed by atoms with Crippen LogP contribution < -0.4 is 0 Å². The Bertz CT molecular complexity index is 188. The summed E-state index contributed by atoms with van der Waals surface area (Å²) < 4.78 is 0. The number of rotatable bonds is 4. The first-order valence-corrected chi connectivity index (χ1v) is 4.46. The number of hydrogen-bond donors (Lipinski definition) is 0. The molecule has 0 fully saturated rings. The molecular formula is C12H19. The van der Waals surface area contributed by atoms with Crippen LogP contribution in [0.2, 0.25) is 0 Å². The largest absolute Gasteiger partial charge is 0.0856 e. The lowest BCUT2D eigenvalue weighted by molar-refractivity contribution is 0.967. The van der Waals surface area contributed by atoms with Crippen molar-refractivity contribution in [2.24, 2.45) is 0 Å². The van der Waals surface area contributed by atoms with Crippen LogP contribution in [0, 0.1) is 6.08 Å². The molecule has 0 nitrogen and oxygen atoms in total. The Kier molecular flexibility index (Phi) is 6.45. The van der Waals surface area contributed by atoms with Gasteiger partial charge in [-0.25, -0.2) is 0 Å². The molecule has 0 atom stereocenters. The molecule has 0 saturated heterocycles. The van der Waals surface area contributed by atoms with E-state index in [-0.39, 0.29) is 0 Å². The molecule has 0 rings (SSSR count). The molecule has 0 saturated carbocycles. The van der Waals surface area contributed by atoms with Crippen LogP contribution in [-0.4, -0.2) is 0 Å². The summed E-state index contributed by atoms with van der Waals surface area (Å²) >= 11 is 0. The maximum atomic E-state index is 2.98. The van der Waals surface area contributed by atoms with Gasteiger partial charge in [0.1, 0.15) is 0 Å². The van der Waals surface area contributed by atoms with Crippen molar-refractivity contribution in [1.29, 1.82) is 0 Å². The van der Waals surface area contributed by atoms with Gasteiger partial charge in [0.15, 0.2) is 0 Å². The van der Waals surface area contributed by atoms with Crippen LogP contribution in [0.15, 0.2) is 29.4 Å². The van der Waals surface area contributed by atoms with Gasteiger partial charge >= 0.3 is 0 Å². The Morgan fingerprint density at radius 3 is 2.42 bits per heavy atom. The first-order chi connectivity index (χ1) is 5.66. The van der Waals surface area contributed by atoms with Crippen LogP contribution in [0.5, 0.6) is 0 Å². The van der Waals surface area contributed by atoms with Crippen molar-refractivity contribution in [1.82, 2.24) is 0 Å². The lowest BCUT2D eigenvalue weighted by Crippen LogP contribution is -1.75. The minimum Gasteiger partial charge on any atom is -0.0856 e. The zero-order chi connectivity index (χ0) is 9.40. The summed E-state index contributed by atoms with van der Waals surface area (Å²) in [7, 11) is 0. The molecule has 67 valence electrons. The van der Waals surface area contributed by atoms with Crippen molar-refractivity contribution >= 4 is 0 Å². The highest BCUT2D eigenvalue weighted by Crippen LogP contribution is 2.06. The smallest absolute Gasteiger partial charge is 0.0285 e. The van der Waals surface area contributed by atoms with E-state index < -0.39 is 0 Å². The second kappa shape index (κ2) is 6.90. The molecule has 12 heavy (non-hydrogen) atoms. The van der Waals surface area contributed by atoms with Crippen LogP contribution in [0.25, 0.3) is 0 Å². The van der Waals surface area contributed by atoms with Gasteiger partial charge in [0, 0.05) is 0 Å². The molecule has 1 radical (unpaired) electrons. The molecule has 0 bridgehead atoms. The summed E-state index contributed by atoms with van der Waals surface area (Å²) in [4.78, 5) is 0. The summed E-state index contributed by atoms with van der Waals surface area (Å²) in [5, 5.41) is 0. The van der Waals surface area contributed by atoms with E-state index in [1.807, 2.05) is 13.0 Å². The van der Waals surface area contributed by atoms with Gasteiger partial charge in [-0.15, -0.1) is 0 Å². The first kappa shape index (κ1) is 11.2. The zero-order valence-corrected chi connectivity index (χ0v) is 8.65. The van der Waals surface area contributed by atoms with Gasteiger partial charge in [-0.2, -0.15) is 0 Å². The Hall–Kier alpha value is -0.780. The topological polar surface area (TPSA) is 0 Å². The Morgan fingerprint density at radius 1 is 1.25 bits per heavy atom. The average Bonchev–Trinajstić information content (AvgIpc) is 2.00. The van der Waals surface area contributed by atoms with E-state index in [2.05, 4.69) is 39.0 Å². The minimum absolute atomic E-state index is 1.15. The third kappa shape index (κ3) is 7.33. The summed E-state index contributed by atoms with van der Waals surface area (Å²) in [5.41, 5.74) is 2.82. The maximum absolute atomic E-state index is 2.98. The van der Waals surface area contributed by atoms with Crippen LogP contribution in [0.3, 0.4) is 0 Å². The molecule has 0 unspecified atom stereocenters. The van der Waals surface area contributed by atoms with Gasteiger partial charge < -0.3 is 0 Å². The minimum atomic E-state index is 1.15. The highest BCUT2D eigenvalue weighted by molar-refractivity contribution is 5.09. The fourth-order valence-electron chi connectivity index (χ4n) is 0.897. The average molecular weight is 163 g/mol. The lowest BCUT2D eigenvalue weighted by atomic mass is 10.1. The van der Waals surface area contributed by atoms with Gasteiger partial charge in [0.25, 0.3) is 0 Å². The highest BCUT2D eigenvalue weighted by atomic mass is 13.9. The van der Waals surface area contributed by atoms with Crippen LogP contribution in [0.4, 0.5) is 0 Å². The van der Waals surface area contributed by atoms with Crippen molar-refractivity contribution in [2.75, 3.05) is 0 Å². The van der Waals surface area contributed by atoms with E-state index in [4.69, 9.17) is 0 Å². The Labute approximate surface area is 76.7 Å². The van der Waals surface area contributed by atoms with Gasteiger partial charge in [-0.1, -0.05) is 29.4 Å². The summed E-state index contributed by atoms with van der Waals surface area (Å²) in [6.07, 6.45) is 11.7. The van der Waals surface area contributed by atoms with Gasteiger partial charge in [0.2, 0.25) is 0 Å². The third-order valence-electron chi connectivity index (χ3n) is 1.63. The monoisotopic (exact) mass is 163 g/mol. The van der Waals surface area contributed by atoms with Crippen molar-refractivity contribution in [3.05, 3.63) is 35.5 Å². The SMILES string of the molecule is C/[C]=C/C=C(C)CCC=C(C)C. The van der Waals surface area contributed by atoms with Crippen molar-refractivity contribution in [3.63, 3.8) is 0 Å². The highest BCUT2D eigenvalue weighted by Gasteiger charge is 1.85. The molecule has 0 aliphatic carbocycles. The van der Waals surface area contributed by atoms with Crippen LogP contribution in [-0.2, 0) is 0 Å². The van der Waals surface area contributed by atoms with Crippen LogP contribution >= 0.6 is 0 Å². The lowest BCUT2D eigenvalue weighted by Gasteiger charge is -1.95. The second-order valence-electron chi connectivity index (χ2n) is 3.29. The predicted molar refractivity (Wildman–Crippen MR) is 55.9 cm³/mol. The third-order valence-corrected chi connectivity index (χ3v) is 1.63. The van der Waals surface area contributed by atoms with Gasteiger partial charge in [0.05, 0.1) is 0 Å². The molecule has 0 aromatic carbocycles. The summed E-state index contributed by atoms with van der Waals surface area (Å²) in [6, 6.07) is 0. The van der Waals surface area contributed by atoms with E-state index in [0.717, 1.165) is 12.8 Å². The van der Waals surface area contributed by atoms with Crippen LogP contribution in [0.1, 0.15) is 40.5 Å². The summed E-state index contributed by atoms with van der Waals surface area (Å²) in [6.45, 7) is 8.35. The molecule has 0 N–H and O–H groups in total. The summed E-state index contributed by atoms with van der Waals surface area (Å²) in [5.74, 6) is 0. The standard InChI is InChI=1S/C12H19/c1-5-6-9-12(4)10-7-8-11(2)3/h6,8-9H,7,10H2,1-4H3. The van der Waals surface area contributed by atoms with E-state index in [1.54, 1.807) is 0 Å². The predicted octanol–water partition coefficient (Wildman–Crippen LogP) is 4.06. The number of hydrogen-bond acceptors (Lipinski definition) is 0. The van der Waals surface area contributed by atoms with Crippen molar-refractivity contribution in [2.45, 2.75) is 40.5 Å². The molecule has 0 aromatic heterocycles. The normalized spacial score (nSPS) is 12.2. The fourth-order valence-corrected chi connectivity index (χ4v) is 0.897. The Morgan fingerprint density at radius 2 is 1.92 bits per heavy atom. The molecule has 0 heteroatoms. The molecule has 0 aliphatic heterocycles. The maximum Gasteiger partial charge on any atom is -0.0285 e. The van der Waals surface area contributed by atoms with E-state index in [9.17, 15) is 0 Å². The molecular weight excluding hydrogens is 144 g/mol. The first-order valence-electron chi connectivity index (χ1n) is 4.46. The van der Waals surface area contributed by atoms with Crippen molar-refractivity contribution in [3.8, 4) is 0 Å². The molecule has 0 aromatic rings. The fraction of sp³-hybridized carbons (Fsp3) is 0.500. The second-order valence-corrected chi connectivity index (χ2v) is 3.29. The molecule has 0 heterocycles. The van der Waals surface area contributed by atoms with E-state index >= 15 is 0 Å². The Balaban J connectivity index is 3.71. The number of allylic oxidation sites excluding steroid dienone is 6. The van der Waals surface area contributed by atoms with E-state index in [0.29, 0.717) is 0 Å². The van der Waals surface area contributed by atoms with Gasteiger partial charge in [-0.3, -0.25) is 0 Å². The molecule has 0 aliphatic rings. The van der Waals surface area contributed by atoms with Gasteiger partial charge in [-0.05, 0) is 46.6 Å². The van der Waals surface area contributed by atoms with Crippen molar-refractivity contribution < 1.29 is 0 Å². The zero-order valence-electron chi connectivity index (χ0n) is 8.65. The van der Waals surface area contributed by atoms with E-state index in [1.165, 1.54) is 11.1 Å². The molecule has 0 amide bonds. The molecule has 0 spiro atoms.